The zero-order chi connectivity index (χ0) is 72.5. The number of aliphatic hydroxyl groups excluding tert-OH is 1. The molecule has 536 valence electrons. The molecular weight excluding hydrogens is 1360 g/mol. The Bertz CT molecular complexity index is 3640. The van der Waals surface area contributed by atoms with E-state index in [1.54, 1.807) is 133 Å². The second-order valence-corrected chi connectivity index (χ2v) is 31.2. The molecule has 5 aromatic rings. The molecule has 1 aromatic heterocycles. The van der Waals surface area contributed by atoms with E-state index in [4.69, 9.17) is 15.2 Å². The lowest BCUT2D eigenvalue weighted by Crippen LogP contribution is -2.61. The lowest BCUT2D eigenvalue weighted by molar-refractivity contribution is -0.137. The number of primary amides is 1. The number of hydrogen-bond acceptors (Lipinski definition) is 19. The highest BCUT2D eigenvalue weighted by Crippen LogP contribution is 2.33. The van der Waals surface area contributed by atoms with Gasteiger partial charge in [0.15, 0.2) is 5.78 Å². The first-order chi connectivity index (χ1) is 47.6. The van der Waals surface area contributed by atoms with Gasteiger partial charge >= 0.3 is 12.2 Å². The Hall–Kier alpha value is -8.57. The Kier molecular flexibility index (Phi) is 30.2. The van der Waals surface area contributed by atoms with Crippen LogP contribution in [0.5, 0.6) is 5.75 Å². The number of pyridine rings is 1. The summed E-state index contributed by atoms with van der Waals surface area (Å²) in [5, 5.41) is 41.6. The standard InChI is InChI=1S/C72H90N10O14S4/c1-44(83)61-68(92)80-57(66(90)79-56(62(73)86)42-99-100-60-27-17-19-34-74-60)43-98-97-41-55(78-67(91)58(37-45-20-10-8-11-21-45)82(70(94)96-72(5,6)7)40-47-22-12-9-13-23-47)59(85)39-50(36-46-28-32-51(84)33-29-46)63(87)77-54(38-49-31-30-48-24-14-15-25-52(48)49)65(89)76-53(64(88)81-61)26-16-18-35-75-69(93)95-71(2,3)4/h8-15,17,19-25,27-29,31-34,44,50,53-58,61,83-84H,16,18,26,30,35-43H2,1-7H3,(H2,73,86)(H,75,93)(H,76,89)(H,77,87)(H,78,91)(H,79,90)(H,80,92)(H,81,88)/t44-,50-,53+,54-,55+,56+,57+,58-,61+/m1/s1. The minimum Gasteiger partial charge on any atom is -0.508 e. The number of rotatable bonds is 24. The van der Waals surface area contributed by atoms with E-state index < -0.39 is 131 Å². The highest BCUT2D eigenvalue weighted by atomic mass is 33.1. The fraction of sp³-hybridized carbons (Fsp3) is 0.431. The Morgan fingerprint density at radius 3 is 2.02 bits per heavy atom. The van der Waals surface area contributed by atoms with Crippen molar-refractivity contribution >= 4 is 108 Å². The first-order valence-corrected chi connectivity index (χ1v) is 37.8. The summed E-state index contributed by atoms with van der Waals surface area (Å²) >= 11 is 0. The fourth-order valence-corrected chi connectivity index (χ4v) is 15.2. The molecule has 4 aromatic carbocycles. The Labute approximate surface area is 599 Å². The van der Waals surface area contributed by atoms with Gasteiger partial charge in [0, 0.05) is 61.7 Å². The number of aliphatic hydroxyl groups is 1. The van der Waals surface area contributed by atoms with E-state index in [2.05, 4.69) is 42.2 Å². The smallest absolute Gasteiger partial charge is 0.411 e. The number of phenolic OH excluding ortho intramolecular Hbond substituents is 1. The summed E-state index contributed by atoms with van der Waals surface area (Å²) < 4.78 is 11.4. The summed E-state index contributed by atoms with van der Waals surface area (Å²) in [5.41, 5.74) is 8.34. The van der Waals surface area contributed by atoms with E-state index in [-0.39, 0.29) is 74.6 Å². The average Bonchev–Trinajstić information content (AvgIpc) is 1.15. The lowest BCUT2D eigenvalue weighted by atomic mass is 9.90. The molecule has 28 heteroatoms. The Balaban J connectivity index is 1.31. The molecule has 1 aliphatic carbocycles. The van der Waals surface area contributed by atoms with E-state index in [1.807, 2.05) is 36.4 Å². The molecule has 0 bridgehead atoms. The maximum atomic E-state index is 15.6. The summed E-state index contributed by atoms with van der Waals surface area (Å²) in [6.07, 6.45) is 0.328. The van der Waals surface area contributed by atoms with E-state index in [9.17, 15) is 39.0 Å². The van der Waals surface area contributed by atoms with Crippen molar-refractivity contribution in [3.05, 3.63) is 167 Å². The second kappa shape index (κ2) is 38.3. The van der Waals surface area contributed by atoms with Crippen molar-refractivity contribution in [1.29, 1.82) is 0 Å². The number of nitrogens with zero attached hydrogens (tertiary/aromatic N) is 2. The largest absolute Gasteiger partial charge is 0.508 e. The van der Waals surface area contributed by atoms with Crippen molar-refractivity contribution in [2.24, 2.45) is 11.7 Å². The Morgan fingerprint density at radius 1 is 0.720 bits per heavy atom. The molecule has 11 N–H and O–H groups in total. The highest BCUT2D eigenvalue weighted by molar-refractivity contribution is 8.77. The number of fused-ring (bicyclic) bond motifs is 1. The predicted octanol–water partition coefficient (Wildman–Crippen LogP) is 7.29. The quantitative estimate of drug-likeness (QED) is 0.0214. The molecule has 2 aliphatic rings. The molecule has 0 radical (unpaired) electrons. The number of unbranched alkanes of at least 4 members (excludes halogenated alkanes) is 1. The molecule has 100 heavy (non-hydrogen) atoms. The van der Waals surface area contributed by atoms with Gasteiger partial charge in [-0.05, 0) is 149 Å². The van der Waals surface area contributed by atoms with E-state index in [1.165, 1.54) is 45.5 Å². The summed E-state index contributed by atoms with van der Waals surface area (Å²) in [6, 6.07) is 26.3. The van der Waals surface area contributed by atoms with E-state index in [0.717, 1.165) is 32.7 Å². The number of carbonyl (C=O) groups is 10. The third kappa shape index (κ3) is 25.9. The fourth-order valence-electron chi connectivity index (χ4n) is 10.8. The van der Waals surface area contributed by atoms with Crippen LogP contribution in [0.3, 0.4) is 0 Å². The average molecular weight is 1450 g/mol. The van der Waals surface area contributed by atoms with E-state index in [0.29, 0.717) is 33.7 Å². The number of ether oxygens (including phenoxy) is 2. The van der Waals surface area contributed by atoms with Crippen molar-refractivity contribution in [2.75, 3.05) is 23.8 Å². The molecule has 1 saturated heterocycles. The number of allylic oxidation sites excluding steroid dienone is 1. The summed E-state index contributed by atoms with van der Waals surface area (Å²) in [5.74, 6) is -8.86. The minimum atomic E-state index is -1.80. The highest BCUT2D eigenvalue weighted by Gasteiger charge is 2.40. The van der Waals surface area contributed by atoms with Gasteiger partial charge in [-0.2, -0.15) is 0 Å². The SMILES string of the molecule is C[C@@H](O)[C@@H]1NC(=O)[C@H](CCCCNC(=O)OC(C)(C)C)NC(=O)[C@@H](CC2=CCc3ccccc32)NC(=O)[C@H](Cc2ccc(O)cc2)CC(=O)[C@@H](NC(=O)[C@@H](Cc2ccccc2)N(Cc2ccccc2)C(=O)OC(C)(C)C)CSSC[C@@H](C(=O)N[C@@H](CSSc2ccccn2)C(N)=O)NC1=O. The molecule has 24 nitrogen and oxygen atoms in total. The first kappa shape index (κ1) is 78.8. The number of alkyl carbamates (subject to hydrolysis) is 1. The van der Waals surface area contributed by atoms with Crippen LogP contribution in [0.25, 0.3) is 5.57 Å². The maximum Gasteiger partial charge on any atom is 0.411 e. The third-order valence-corrected chi connectivity index (χ3v) is 20.5. The van der Waals surface area contributed by atoms with Crippen LogP contribution < -0.4 is 43.0 Å². The van der Waals surface area contributed by atoms with Crippen LogP contribution in [0.4, 0.5) is 9.59 Å². The molecule has 9 amide bonds. The molecule has 1 fully saturated rings. The van der Waals surface area contributed by atoms with Gasteiger partial charge in [0.05, 0.1) is 12.1 Å². The molecule has 0 saturated carbocycles. The molecule has 1 aliphatic heterocycles. The summed E-state index contributed by atoms with van der Waals surface area (Å²) in [7, 11) is 4.38. The Morgan fingerprint density at radius 2 is 1.36 bits per heavy atom. The number of Topliss-reactive ketones (excluding diaryl/α,β-unsaturated/α-hetero) is 1. The predicted molar refractivity (Wildman–Crippen MR) is 388 cm³/mol. The molecule has 9 atom stereocenters. The zero-order valence-corrected chi connectivity index (χ0v) is 60.3. The van der Waals surface area contributed by atoms with Gasteiger partial charge in [0.2, 0.25) is 41.4 Å². The lowest BCUT2D eigenvalue weighted by Gasteiger charge is -2.34. The number of amides is 9. The zero-order valence-electron chi connectivity index (χ0n) is 57.1. The van der Waals surface area contributed by atoms with Gasteiger partial charge in [-0.3, -0.25) is 43.3 Å². The van der Waals surface area contributed by atoms with Crippen molar-refractivity contribution in [2.45, 2.75) is 171 Å². The van der Waals surface area contributed by atoms with Gasteiger partial charge in [-0.1, -0.05) is 142 Å². The number of carbonyl (C=O) groups excluding carboxylic acids is 10. The van der Waals surface area contributed by atoms with Crippen LogP contribution in [0.1, 0.15) is 108 Å². The van der Waals surface area contributed by atoms with Gasteiger partial charge in [0.1, 0.15) is 58.2 Å². The minimum absolute atomic E-state index is 0.0512. The number of ketones is 1. The van der Waals surface area contributed by atoms with Crippen LogP contribution in [0.15, 0.2) is 145 Å². The normalized spacial score (nSPS) is 19.8. The number of benzene rings is 4. The summed E-state index contributed by atoms with van der Waals surface area (Å²) in [4.78, 5) is 152. The number of nitrogens with two attached hydrogens (primary N) is 1. The number of phenols is 1. The molecular formula is C72H90N10O14S4. The van der Waals surface area contributed by atoms with Crippen molar-refractivity contribution in [3.63, 3.8) is 0 Å². The monoisotopic (exact) mass is 1450 g/mol. The van der Waals surface area contributed by atoms with Gasteiger partial charge < -0.3 is 62.6 Å². The van der Waals surface area contributed by atoms with Crippen LogP contribution in [0.2, 0.25) is 0 Å². The summed E-state index contributed by atoms with van der Waals surface area (Å²) in [6.45, 7) is 11.4. The number of nitrogens with one attached hydrogen (secondary N) is 7. The molecule has 0 unspecified atom stereocenters. The van der Waals surface area contributed by atoms with Crippen molar-refractivity contribution < 1.29 is 67.6 Å². The number of aromatic hydroxyl groups is 1. The van der Waals surface area contributed by atoms with Gasteiger partial charge in [-0.15, -0.1) is 0 Å². The number of aromatic nitrogens is 1. The van der Waals surface area contributed by atoms with Crippen molar-refractivity contribution in [1.82, 2.24) is 47.1 Å². The van der Waals surface area contributed by atoms with Crippen LogP contribution in [-0.2, 0) is 73.6 Å². The first-order valence-electron chi connectivity index (χ1n) is 33.0. The third-order valence-electron chi connectivity index (χ3n) is 15.9. The maximum absolute atomic E-state index is 15.6. The molecule has 2 heterocycles. The topological polar surface area (TPSA) is 356 Å². The van der Waals surface area contributed by atoms with Crippen molar-refractivity contribution in [3.8, 4) is 5.75 Å². The van der Waals surface area contributed by atoms with Crippen LogP contribution >= 0.6 is 43.2 Å². The second-order valence-electron chi connectivity index (χ2n) is 26.3. The van der Waals surface area contributed by atoms with Crippen LogP contribution in [-0.4, -0.2) is 163 Å². The molecule has 7 rings (SSSR count). The number of hydrogen-bond donors (Lipinski definition) is 10. The van der Waals surface area contributed by atoms with Gasteiger partial charge in [-0.25, -0.2) is 14.6 Å². The molecule has 0 spiro atoms. The van der Waals surface area contributed by atoms with E-state index >= 15 is 19.2 Å². The van der Waals surface area contributed by atoms with Gasteiger partial charge in [0.25, 0.3) is 0 Å². The van der Waals surface area contributed by atoms with Crippen LogP contribution in [0, 0.1) is 5.92 Å².